The maximum Gasteiger partial charge on any atom is 0.254 e. The lowest BCUT2D eigenvalue weighted by molar-refractivity contribution is -0.114. The number of aromatic nitrogens is 5. The molecule has 1 aliphatic rings. The number of hydrogen-bond donors (Lipinski definition) is 1. The van der Waals surface area contributed by atoms with E-state index in [1.165, 1.54) is 23.8 Å². The van der Waals surface area contributed by atoms with E-state index in [0.29, 0.717) is 11.5 Å². The quantitative estimate of drug-likeness (QED) is 0.646. The van der Waals surface area contributed by atoms with Gasteiger partial charge in [0.1, 0.15) is 12.4 Å². The topological polar surface area (TPSA) is 132 Å². The summed E-state index contributed by atoms with van der Waals surface area (Å²) in [7, 11) is -3.77. The second-order valence-electron chi connectivity index (χ2n) is 6.18. The molecule has 0 saturated carbocycles. The van der Waals surface area contributed by atoms with Crippen molar-refractivity contribution in [2.75, 3.05) is 25.0 Å². The van der Waals surface area contributed by atoms with E-state index in [9.17, 15) is 13.2 Å². The van der Waals surface area contributed by atoms with Gasteiger partial charge in [-0.1, -0.05) is 11.3 Å². The monoisotopic (exact) mass is 423 g/mol. The van der Waals surface area contributed by atoms with Crippen molar-refractivity contribution in [1.82, 2.24) is 28.9 Å². The number of thiazole rings is 1. The van der Waals surface area contributed by atoms with Crippen molar-refractivity contribution in [3.8, 4) is 0 Å². The van der Waals surface area contributed by atoms with Crippen molar-refractivity contribution >= 4 is 38.2 Å². The molecule has 13 heteroatoms. The summed E-state index contributed by atoms with van der Waals surface area (Å²) in [6.45, 7) is 3.74. The number of carbonyl (C=O) groups excluding carboxylic acids is 1. The zero-order chi connectivity index (χ0) is 19.9. The van der Waals surface area contributed by atoms with Crippen LogP contribution < -0.4 is 5.32 Å². The molecule has 1 amide bonds. The van der Waals surface area contributed by atoms with E-state index < -0.39 is 16.1 Å². The summed E-state index contributed by atoms with van der Waals surface area (Å²) in [6, 6.07) is 1.81. The first-order valence-electron chi connectivity index (χ1n) is 8.37. The molecule has 28 heavy (non-hydrogen) atoms. The number of morpholine rings is 1. The standard InChI is InChI=1S/C15H17N7O4S2/c1-9-5-11(22-14(19-9)17-8-18-22)12-7-21(3-4-26-12)28(24,25)13-6-16-15(27-13)20-10(2)23/h5-6,8,12H,3-4,7H2,1-2H3,(H,16,20,23)/t12-/m0/s1. The molecule has 4 rings (SSSR count). The SMILES string of the molecule is CC(=O)Nc1ncc(S(=O)(=O)N2CCO[C@H](c3cc(C)nc4ncnn34)C2)s1. The molecule has 0 aromatic carbocycles. The minimum Gasteiger partial charge on any atom is -0.369 e. The van der Waals surface area contributed by atoms with Gasteiger partial charge < -0.3 is 10.1 Å². The average Bonchev–Trinajstić information content (AvgIpc) is 3.30. The average molecular weight is 423 g/mol. The Morgan fingerprint density at radius 2 is 2.21 bits per heavy atom. The fraction of sp³-hybridized carbons (Fsp3) is 0.400. The number of amides is 1. The lowest BCUT2D eigenvalue weighted by atomic mass is 10.2. The highest BCUT2D eigenvalue weighted by atomic mass is 32.2. The summed E-state index contributed by atoms with van der Waals surface area (Å²) in [5, 5.41) is 6.89. The molecule has 1 saturated heterocycles. The predicted octanol–water partition coefficient (Wildman–Crippen LogP) is 0.610. The Morgan fingerprint density at radius 3 is 3.00 bits per heavy atom. The molecule has 148 valence electrons. The second kappa shape index (κ2) is 7.16. The summed E-state index contributed by atoms with van der Waals surface area (Å²) in [6.07, 6.45) is 2.13. The predicted molar refractivity (Wildman–Crippen MR) is 99.4 cm³/mol. The molecule has 0 bridgehead atoms. The van der Waals surface area contributed by atoms with E-state index in [0.717, 1.165) is 17.0 Å². The molecule has 0 unspecified atom stereocenters. The molecule has 3 aromatic heterocycles. The molecule has 4 heterocycles. The Labute approximate surface area is 164 Å². The first-order chi connectivity index (χ1) is 13.3. The van der Waals surface area contributed by atoms with Crippen molar-refractivity contribution in [1.29, 1.82) is 0 Å². The number of sulfonamides is 1. The van der Waals surface area contributed by atoms with E-state index >= 15 is 0 Å². The highest BCUT2D eigenvalue weighted by Gasteiger charge is 2.34. The number of rotatable bonds is 4. The van der Waals surface area contributed by atoms with Crippen LogP contribution in [0.25, 0.3) is 5.78 Å². The van der Waals surface area contributed by atoms with Crippen molar-refractivity contribution in [3.63, 3.8) is 0 Å². The molecule has 0 aliphatic carbocycles. The van der Waals surface area contributed by atoms with E-state index in [1.54, 1.807) is 4.52 Å². The van der Waals surface area contributed by atoms with Crippen LogP contribution in [0.1, 0.15) is 24.4 Å². The molecule has 1 aliphatic heterocycles. The number of fused-ring (bicyclic) bond motifs is 1. The van der Waals surface area contributed by atoms with Gasteiger partial charge in [0, 0.05) is 25.7 Å². The van der Waals surface area contributed by atoms with E-state index in [1.807, 2.05) is 13.0 Å². The van der Waals surface area contributed by atoms with Gasteiger partial charge in [-0.25, -0.2) is 18.4 Å². The number of anilines is 1. The minimum atomic E-state index is -3.77. The summed E-state index contributed by atoms with van der Waals surface area (Å²) < 4.78 is 34.8. The molecule has 1 atom stereocenters. The Hall–Kier alpha value is -2.48. The normalized spacial score (nSPS) is 18.4. The molecule has 0 radical (unpaired) electrons. The zero-order valence-electron chi connectivity index (χ0n) is 15.1. The zero-order valence-corrected chi connectivity index (χ0v) is 16.7. The Bertz CT molecular complexity index is 1140. The minimum absolute atomic E-state index is 0.0636. The number of nitrogens with zero attached hydrogens (tertiary/aromatic N) is 6. The van der Waals surface area contributed by atoms with Crippen molar-refractivity contribution in [2.24, 2.45) is 0 Å². The van der Waals surface area contributed by atoms with Gasteiger partial charge >= 0.3 is 0 Å². The van der Waals surface area contributed by atoms with E-state index in [4.69, 9.17) is 4.74 Å². The molecule has 1 N–H and O–H groups in total. The molecule has 3 aromatic rings. The van der Waals surface area contributed by atoms with Crippen LogP contribution in [0.15, 0.2) is 22.8 Å². The van der Waals surface area contributed by atoms with Crippen molar-refractivity contribution < 1.29 is 17.9 Å². The third kappa shape index (κ3) is 3.48. The highest BCUT2D eigenvalue weighted by Crippen LogP contribution is 2.30. The molecule has 1 fully saturated rings. The molecule has 0 spiro atoms. The molecular formula is C15H17N7O4S2. The van der Waals surface area contributed by atoms with Crippen LogP contribution in [0.5, 0.6) is 0 Å². The van der Waals surface area contributed by atoms with Gasteiger partial charge in [-0.05, 0) is 13.0 Å². The maximum atomic E-state index is 13.0. The summed E-state index contributed by atoms with van der Waals surface area (Å²) in [4.78, 5) is 23.5. The number of nitrogens with one attached hydrogen (secondary N) is 1. The fourth-order valence-electron chi connectivity index (χ4n) is 2.93. The van der Waals surface area contributed by atoms with E-state index in [-0.39, 0.29) is 34.9 Å². The van der Waals surface area contributed by atoms with Crippen LogP contribution in [0.2, 0.25) is 0 Å². The molecular weight excluding hydrogens is 406 g/mol. The van der Waals surface area contributed by atoms with Gasteiger partial charge in [0.25, 0.3) is 15.8 Å². The van der Waals surface area contributed by atoms with Crippen LogP contribution in [0.3, 0.4) is 0 Å². The highest BCUT2D eigenvalue weighted by molar-refractivity contribution is 7.91. The van der Waals surface area contributed by atoms with Gasteiger partial charge in [0.2, 0.25) is 5.91 Å². The van der Waals surface area contributed by atoms with Gasteiger partial charge in [-0.2, -0.15) is 18.9 Å². The summed E-state index contributed by atoms with van der Waals surface area (Å²) in [5.41, 5.74) is 1.42. The van der Waals surface area contributed by atoms with Gasteiger partial charge in [-0.3, -0.25) is 4.79 Å². The fourth-order valence-corrected chi connectivity index (χ4v) is 5.58. The van der Waals surface area contributed by atoms with Gasteiger partial charge in [0.15, 0.2) is 9.34 Å². The first kappa shape index (κ1) is 18.9. The lowest BCUT2D eigenvalue weighted by Crippen LogP contribution is -2.42. The van der Waals surface area contributed by atoms with Crippen LogP contribution in [-0.2, 0) is 19.6 Å². The lowest BCUT2D eigenvalue weighted by Gasteiger charge is -2.31. The Balaban J connectivity index is 1.62. The van der Waals surface area contributed by atoms with Gasteiger partial charge in [-0.15, -0.1) is 0 Å². The maximum absolute atomic E-state index is 13.0. The summed E-state index contributed by atoms with van der Waals surface area (Å²) >= 11 is 0.914. The Kier molecular flexibility index (Phi) is 4.82. The van der Waals surface area contributed by atoms with Crippen molar-refractivity contribution in [2.45, 2.75) is 24.2 Å². The number of hydrogen-bond acceptors (Lipinski definition) is 9. The van der Waals surface area contributed by atoms with Crippen LogP contribution in [-0.4, -0.2) is 62.9 Å². The third-order valence-electron chi connectivity index (χ3n) is 4.13. The smallest absolute Gasteiger partial charge is 0.254 e. The summed E-state index contributed by atoms with van der Waals surface area (Å²) in [5.74, 6) is 0.121. The third-order valence-corrected chi connectivity index (χ3v) is 7.34. The second-order valence-corrected chi connectivity index (χ2v) is 9.38. The van der Waals surface area contributed by atoms with Crippen LogP contribution >= 0.6 is 11.3 Å². The van der Waals surface area contributed by atoms with Crippen LogP contribution in [0.4, 0.5) is 5.13 Å². The first-order valence-corrected chi connectivity index (χ1v) is 10.6. The molecule has 11 nitrogen and oxygen atoms in total. The largest absolute Gasteiger partial charge is 0.369 e. The number of ether oxygens (including phenoxy) is 1. The van der Waals surface area contributed by atoms with Crippen molar-refractivity contribution in [3.05, 3.63) is 30.0 Å². The van der Waals surface area contributed by atoms with Gasteiger partial charge in [0.05, 0.1) is 18.5 Å². The Morgan fingerprint density at radius 1 is 1.39 bits per heavy atom. The van der Waals surface area contributed by atoms with Crippen LogP contribution in [0, 0.1) is 6.92 Å². The number of aryl methyl sites for hydroxylation is 1. The number of carbonyl (C=O) groups is 1. The van der Waals surface area contributed by atoms with E-state index in [2.05, 4.69) is 25.4 Å².